The second-order valence-corrected chi connectivity index (χ2v) is 9.43. The van der Waals surface area contributed by atoms with E-state index in [2.05, 4.69) is 25.3 Å². The minimum absolute atomic E-state index is 0.0546. The van der Waals surface area contributed by atoms with Gasteiger partial charge in [0.25, 0.3) is 5.24 Å². The highest BCUT2D eigenvalue weighted by Crippen LogP contribution is 2.32. The summed E-state index contributed by atoms with van der Waals surface area (Å²) in [6, 6.07) is 10.3. The number of thioether (sulfide) groups is 1. The molecule has 34 heavy (non-hydrogen) atoms. The molecule has 1 N–H and O–H groups in total. The number of hydrogen-bond acceptors (Lipinski definition) is 8. The van der Waals surface area contributed by atoms with E-state index in [1.54, 1.807) is 30.2 Å². The normalized spacial score (nSPS) is 16.6. The molecule has 8 nitrogen and oxygen atoms in total. The van der Waals surface area contributed by atoms with Crippen LogP contribution in [0.25, 0.3) is 11.1 Å². The van der Waals surface area contributed by atoms with Gasteiger partial charge in [0, 0.05) is 17.5 Å². The molecule has 0 unspecified atom stereocenters. The summed E-state index contributed by atoms with van der Waals surface area (Å²) in [7, 11) is 0. The largest absolute Gasteiger partial charge is 0.346 e. The molecule has 174 valence electrons. The van der Waals surface area contributed by atoms with Gasteiger partial charge in [-0.05, 0) is 49.1 Å². The molecule has 0 bridgehead atoms. The zero-order chi connectivity index (χ0) is 24.4. The molecule has 4 rings (SSSR count). The van der Waals surface area contributed by atoms with Crippen LogP contribution in [-0.4, -0.2) is 37.0 Å². The number of pyridine rings is 1. The van der Waals surface area contributed by atoms with Gasteiger partial charge in [-0.2, -0.15) is 20.2 Å². The van der Waals surface area contributed by atoms with E-state index in [9.17, 15) is 14.4 Å². The molecule has 0 radical (unpaired) electrons. The molecule has 0 saturated carbocycles. The van der Waals surface area contributed by atoms with Crippen molar-refractivity contribution in [3.05, 3.63) is 59.4 Å². The van der Waals surface area contributed by atoms with Crippen LogP contribution in [0.2, 0.25) is 0 Å². The molecular formula is C24H24FN7OS. The first-order valence-electron chi connectivity index (χ1n) is 10.9. The van der Waals surface area contributed by atoms with Crippen LogP contribution in [0.4, 0.5) is 21.1 Å². The van der Waals surface area contributed by atoms with E-state index in [1.807, 2.05) is 39.0 Å². The van der Waals surface area contributed by atoms with Crippen molar-refractivity contribution in [1.82, 2.24) is 19.9 Å². The molecule has 2 atom stereocenters. The quantitative estimate of drug-likeness (QED) is 0.521. The molecule has 1 aliphatic rings. The number of rotatable bonds is 6. The van der Waals surface area contributed by atoms with Crippen molar-refractivity contribution < 1.29 is 9.18 Å². The van der Waals surface area contributed by atoms with Gasteiger partial charge in [-0.1, -0.05) is 37.7 Å². The maximum Gasteiger partial charge on any atom is 0.288 e. The average Bonchev–Trinajstić information content (AvgIpc) is 3.22. The Morgan fingerprint density at radius 3 is 2.59 bits per heavy atom. The summed E-state index contributed by atoms with van der Waals surface area (Å²) >= 11 is 1.22. The molecule has 1 amide bonds. The number of hydrogen-bond donors (Lipinski definition) is 1. The van der Waals surface area contributed by atoms with Gasteiger partial charge < -0.3 is 5.32 Å². The monoisotopic (exact) mass is 477 g/mol. The molecule has 1 saturated heterocycles. The van der Waals surface area contributed by atoms with E-state index in [0.717, 1.165) is 16.8 Å². The maximum atomic E-state index is 13.6. The Bertz CT molecular complexity index is 1260. The van der Waals surface area contributed by atoms with Crippen LogP contribution in [-0.2, 0) is 0 Å². The topological polar surface area (TPSA) is 108 Å². The van der Waals surface area contributed by atoms with Crippen molar-refractivity contribution in [1.29, 1.82) is 5.26 Å². The van der Waals surface area contributed by atoms with E-state index < -0.39 is 0 Å². The Balaban J connectivity index is 1.56. The van der Waals surface area contributed by atoms with E-state index in [0.29, 0.717) is 11.3 Å². The molecule has 1 aliphatic heterocycles. The Labute approximate surface area is 201 Å². The Morgan fingerprint density at radius 1 is 1.18 bits per heavy atom. The molecule has 10 heteroatoms. The lowest BCUT2D eigenvalue weighted by Gasteiger charge is -2.25. The number of nitrogens with one attached hydrogen (secondary N) is 1. The van der Waals surface area contributed by atoms with Crippen LogP contribution < -0.4 is 10.2 Å². The lowest BCUT2D eigenvalue weighted by molar-refractivity contribution is 0.263. The van der Waals surface area contributed by atoms with E-state index in [4.69, 9.17) is 0 Å². The molecule has 1 aromatic carbocycles. The zero-order valence-electron chi connectivity index (χ0n) is 19.3. The van der Waals surface area contributed by atoms with Crippen LogP contribution in [0.5, 0.6) is 0 Å². The summed E-state index contributed by atoms with van der Waals surface area (Å²) < 4.78 is 13.6. The first-order chi connectivity index (χ1) is 16.3. The average molecular weight is 478 g/mol. The molecular weight excluding hydrogens is 453 g/mol. The van der Waals surface area contributed by atoms with Crippen LogP contribution in [0.15, 0.2) is 36.5 Å². The van der Waals surface area contributed by atoms with Gasteiger partial charge in [0.15, 0.2) is 0 Å². The third-order valence-electron chi connectivity index (χ3n) is 5.68. The van der Waals surface area contributed by atoms with Gasteiger partial charge in [-0.25, -0.2) is 4.39 Å². The van der Waals surface area contributed by atoms with Gasteiger partial charge in [0.1, 0.15) is 11.9 Å². The van der Waals surface area contributed by atoms with Gasteiger partial charge >= 0.3 is 0 Å². The summed E-state index contributed by atoms with van der Waals surface area (Å²) in [4.78, 5) is 31.4. The van der Waals surface area contributed by atoms with Gasteiger partial charge in [0.05, 0.1) is 17.8 Å². The smallest absolute Gasteiger partial charge is 0.288 e. The predicted octanol–water partition coefficient (Wildman–Crippen LogP) is 5.12. The lowest BCUT2D eigenvalue weighted by atomic mass is 10.0. The first kappa shape index (κ1) is 23.6. The molecule has 3 aromatic rings. The second kappa shape index (κ2) is 9.73. The number of aryl methyl sites for hydroxylation is 1. The third kappa shape index (κ3) is 4.84. The summed E-state index contributed by atoms with van der Waals surface area (Å²) in [5, 5.41) is 12.4. The molecule has 2 aromatic heterocycles. The third-order valence-corrected chi connectivity index (χ3v) is 6.63. The van der Waals surface area contributed by atoms with Crippen molar-refractivity contribution in [2.45, 2.75) is 39.8 Å². The van der Waals surface area contributed by atoms with Crippen molar-refractivity contribution in [2.75, 3.05) is 16.0 Å². The van der Waals surface area contributed by atoms with Crippen molar-refractivity contribution >= 4 is 28.9 Å². The Hall–Kier alpha value is -3.58. The molecule has 1 fully saturated rings. The van der Waals surface area contributed by atoms with Crippen LogP contribution in [0, 0.1) is 30.0 Å². The van der Waals surface area contributed by atoms with E-state index >= 15 is 0 Å². The van der Waals surface area contributed by atoms with Crippen molar-refractivity contribution in [3.8, 4) is 17.2 Å². The number of aromatic nitrogens is 4. The summed E-state index contributed by atoms with van der Waals surface area (Å²) in [6.45, 7) is 7.69. The maximum absolute atomic E-state index is 13.6. The number of anilines is 2. The summed E-state index contributed by atoms with van der Waals surface area (Å²) in [6.07, 6.45) is 1.73. The summed E-state index contributed by atoms with van der Waals surface area (Å²) in [5.74, 6) is 0.915. The van der Waals surface area contributed by atoms with Crippen LogP contribution in [0.1, 0.15) is 43.9 Å². The number of nitrogens with zero attached hydrogens (tertiary/aromatic N) is 6. The SMILES string of the molecule is Cc1cc(-c2ccc([C@H](C)Nc3nc(C#N)nc(N4C(=O)SC[C@@H]4C(C)C)n3)nc2)ccc1F. The number of nitriles is 1. The minimum Gasteiger partial charge on any atom is -0.346 e. The lowest BCUT2D eigenvalue weighted by Crippen LogP contribution is -2.38. The Morgan fingerprint density at radius 2 is 1.94 bits per heavy atom. The molecule has 3 heterocycles. The number of carbonyl (C=O) groups is 1. The number of carbonyl (C=O) groups excluding carboxylic acids is 1. The second-order valence-electron chi connectivity index (χ2n) is 8.45. The molecule has 0 aliphatic carbocycles. The Kier molecular flexibility index (Phi) is 6.75. The number of benzene rings is 1. The molecule has 0 spiro atoms. The van der Waals surface area contributed by atoms with Crippen LogP contribution >= 0.6 is 11.8 Å². The fourth-order valence-electron chi connectivity index (χ4n) is 3.67. The first-order valence-corrected chi connectivity index (χ1v) is 11.9. The van der Waals surface area contributed by atoms with Crippen LogP contribution in [0.3, 0.4) is 0 Å². The number of halogens is 1. The van der Waals surface area contributed by atoms with E-state index in [-0.39, 0.29) is 46.8 Å². The highest BCUT2D eigenvalue weighted by Gasteiger charge is 2.37. The van der Waals surface area contributed by atoms with Crippen molar-refractivity contribution in [3.63, 3.8) is 0 Å². The standard InChI is InChI=1S/C24H24FN7OS/c1-13(2)20-12-34-24(33)32(20)23-30-21(10-26)29-22(31-23)28-15(4)19-8-6-17(11-27-19)16-5-7-18(25)14(3)9-16/h5-9,11,13,15,20H,12H2,1-4H3,(H,28,29,30,31)/t15-,20+/m0/s1. The fourth-order valence-corrected chi connectivity index (χ4v) is 4.87. The highest BCUT2D eigenvalue weighted by atomic mass is 32.2. The predicted molar refractivity (Wildman–Crippen MR) is 130 cm³/mol. The minimum atomic E-state index is -0.282. The fraction of sp³-hybridized carbons (Fsp3) is 0.333. The van der Waals surface area contributed by atoms with Gasteiger partial charge in [0.2, 0.25) is 17.7 Å². The zero-order valence-corrected chi connectivity index (χ0v) is 20.1. The number of amides is 1. The highest BCUT2D eigenvalue weighted by molar-refractivity contribution is 8.14. The van der Waals surface area contributed by atoms with Gasteiger partial charge in [-0.15, -0.1) is 0 Å². The van der Waals surface area contributed by atoms with Crippen molar-refractivity contribution in [2.24, 2.45) is 5.92 Å². The van der Waals surface area contributed by atoms with Gasteiger partial charge in [-0.3, -0.25) is 14.7 Å². The van der Waals surface area contributed by atoms with E-state index in [1.165, 1.54) is 17.8 Å². The summed E-state index contributed by atoms with van der Waals surface area (Å²) in [5.41, 5.74) is 3.06.